The van der Waals surface area contributed by atoms with Gasteiger partial charge in [0, 0.05) is 17.6 Å². The van der Waals surface area contributed by atoms with Crippen LogP contribution in [0.5, 0.6) is 0 Å². The molecule has 0 atom stereocenters. The van der Waals surface area contributed by atoms with Crippen LogP contribution in [-0.2, 0) is 24.5 Å². The molecule has 0 aliphatic carbocycles. The van der Waals surface area contributed by atoms with Crippen LogP contribution in [-0.4, -0.2) is 15.3 Å². The van der Waals surface area contributed by atoms with Crippen LogP contribution in [0.15, 0.2) is 24.4 Å². The summed E-state index contributed by atoms with van der Waals surface area (Å²) in [5.41, 5.74) is 4.92. The second-order valence-corrected chi connectivity index (χ2v) is 7.03. The van der Waals surface area contributed by atoms with Crippen molar-refractivity contribution in [3.05, 3.63) is 57.4 Å². The van der Waals surface area contributed by atoms with E-state index in [0.29, 0.717) is 25.5 Å². The monoisotopic (exact) mass is 327 g/mol. The van der Waals surface area contributed by atoms with E-state index < -0.39 is 0 Å². The number of thiazole rings is 1. The van der Waals surface area contributed by atoms with E-state index in [2.05, 4.69) is 22.4 Å². The van der Waals surface area contributed by atoms with Gasteiger partial charge in [-0.3, -0.25) is 9.20 Å². The maximum Gasteiger partial charge on any atom is 0.270 e. The lowest BCUT2D eigenvalue weighted by Gasteiger charge is -2.07. The van der Waals surface area contributed by atoms with Crippen molar-refractivity contribution >= 4 is 22.2 Å². The molecule has 23 heavy (non-hydrogen) atoms. The molecule has 3 heterocycles. The highest BCUT2D eigenvalue weighted by atomic mass is 32.1. The van der Waals surface area contributed by atoms with Crippen molar-refractivity contribution in [2.24, 2.45) is 0 Å². The zero-order valence-electron chi connectivity index (χ0n) is 13.0. The number of hydrogen-bond donors (Lipinski definition) is 1. The van der Waals surface area contributed by atoms with Crippen LogP contribution < -0.4 is 5.32 Å². The standard InChI is InChI=1S/C17H17N3O2S/c1-10-7-20-15(11(2)19-17(20)23-10)16(21)18-6-12-3-4-13-8-22-9-14(13)5-12/h3-5,7H,6,8-9H2,1-2H3,(H,18,21). The van der Waals surface area contributed by atoms with E-state index in [9.17, 15) is 4.79 Å². The molecule has 4 rings (SSSR count). The fourth-order valence-electron chi connectivity index (χ4n) is 2.94. The van der Waals surface area contributed by atoms with Gasteiger partial charge < -0.3 is 10.1 Å². The molecule has 3 aromatic rings. The lowest BCUT2D eigenvalue weighted by Crippen LogP contribution is -2.24. The van der Waals surface area contributed by atoms with Gasteiger partial charge in [-0.25, -0.2) is 4.98 Å². The predicted molar refractivity (Wildman–Crippen MR) is 88.6 cm³/mol. The quantitative estimate of drug-likeness (QED) is 0.804. The summed E-state index contributed by atoms with van der Waals surface area (Å²) in [5.74, 6) is -0.0930. The average Bonchev–Trinajstić information content (AvgIpc) is 3.17. The highest BCUT2D eigenvalue weighted by Crippen LogP contribution is 2.22. The summed E-state index contributed by atoms with van der Waals surface area (Å²) in [6.45, 7) is 5.74. The molecule has 1 aromatic carbocycles. The molecule has 1 aliphatic heterocycles. The number of hydrogen-bond acceptors (Lipinski definition) is 4. The number of amides is 1. The van der Waals surface area contributed by atoms with Crippen molar-refractivity contribution in [2.45, 2.75) is 33.6 Å². The summed E-state index contributed by atoms with van der Waals surface area (Å²) in [5, 5.41) is 3.00. The van der Waals surface area contributed by atoms with Crippen molar-refractivity contribution < 1.29 is 9.53 Å². The minimum absolute atomic E-state index is 0.0930. The molecule has 1 N–H and O–H groups in total. The topological polar surface area (TPSA) is 55.6 Å². The zero-order chi connectivity index (χ0) is 16.0. The smallest absolute Gasteiger partial charge is 0.270 e. The van der Waals surface area contributed by atoms with Gasteiger partial charge in [0.2, 0.25) is 0 Å². The van der Waals surface area contributed by atoms with Crippen LogP contribution in [0.3, 0.4) is 0 Å². The molecule has 0 saturated carbocycles. The van der Waals surface area contributed by atoms with E-state index >= 15 is 0 Å². The van der Waals surface area contributed by atoms with E-state index in [1.165, 1.54) is 11.1 Å². The van der Waals surface area contributed by atoms with Crippen LogP contribution in [0.1, 0.15) is 37.7 Å². The van der Waals surface area contributed by atoms with Gasteiger partial charge in [-0.2, -0.15) is 0 Å². The molecular weight excluding hydrogens is 310 g/mol. The summed E-state index contributed by atoms with van der Waals surface area (Å²) < 4.78 is 7.30. The number of benzene rings is 1. The molecule has 0 bridgehead atoms. The van der Waals surface area contributed by atoms with Gasteiger partial charge in [-0.15, -0.1) is 11.3 Å². The molecular formula is C17H17N3O2S. The van der Waals surface area contributed by atoms with Crippen molar-refractivity contribution in [3.63, 3.8) is 0 Å². The first kappa shape index (κ1) is 14.4. The first-order valence-corrected chi connectivity index (χ1v) is 8.35. The Morgan fingerprint density at radius 2 is 2.17 bits per heavy atom. The maximum absolute atomic E-state index is 12.6. The summed E-state index contributed by atoms with van der Waals surface area (Å²) in [4.78, 5) is 19.0. The SMILES string of the molecule is Cc1cn2c(C(=O)NCc3ccc4c(c3)COC4)c(C)nc2s1. The van der Waals surface area contributed by atoms with Crippen molar-refractivity contribution in [1.82, 2.24) is 14.7 Å². The summed E-state index contributed by atoms with van der Waals surface area (Å²) in [6, 6.07) is 6.23. The van der Waals surface area contributed by atoms with E-state index in [-0.39, 0.29) is 5.91 Å². The molecule has 5 nitrogen and oxygen atoms in total. The minimum Gasteiger partial charge on any atom is -0.372 e. The van der Waals surface area contributed by atoms with Gasteiger partial charge in [-0.1, -0.05) is 18.2 Å². The Hall–Kier alpha value is -2.18. The van der Waals surface area contributed by atoms with Gasteiger partial charge in [0.15, 0.2) is 4.96 Å². The molecule has 1 amide bonds. The number of aromatic nitrogens is 2. The van der Waals surface area contributed by atoms with Crippen molar-refractivity contribution in [3.8, 4) is 0 Å². The molecule has 0 saturated heterocycles. The molecule has 0 radical (unpaired) electrons. The Balaban J connectivity index is 1.54. The van der Waals surface area contributed by atoms with Gasteiger partial charge >= 0.3 is 0 Å². The molecule has 2 aromatic heterocycles. The number of rotatable bonds is 3. The van der Waals surface area contributed by atoms with Crippen LogP contribution >= 0.6 is 11.3 Å². The zero-order valence-corrected chi connectivity index (χ0v) is 13.9. The summed E-state index contributed by atoms with van der Waals surface area (Å²) in [6.07, 6.45) is 1.96. The highest BCUT2D eigenvalue weighted by Gasteiger charge is 2.18. The van der Waals surface area contributed by atoms with Gasteiger partial charge in [0.05, 0.1) is 18.9 Å². The highest BCUT2D eigenvalue weighted by molar-refractivity contribution is 7.17. The number of imidazole rings is 1. The Bertz CT molecular complexity index is 910. The van der Waals surface area contributed by atoms with Gasteiger partial charge in [0.1, 0.15) is 5.69 Å². The maximum atomic E-state index is 12.6. The van der Waals surface area contributed by atoms with E-state index in [0.717, 1.165) is 21.1 Å². The molecule has 6 heteroatoms. The summed E-state index contributed by atoms with van der Waals surface area (Å²) in [7, 11) is 0. The summed E-state index contributed by atoms with van der Waals surface area (Å²) >= 11 is 1.59. The second kappa shape index (κ2) is 5.47. The Kier molecular flexibility index (Phi) is 3.43. The number of aryl methyl sites for hydroxylation is 2. The third kappa shape index (κ3) is 2.54. The van der Waals surface area contributed by atoms with E-state index in [4.69, 9.17) is 4.74 Å². The van der Waals surface area contributed by atoms with Crippen molar-refractivity contribution in [1.29, 1.82) is 0 Å². The first-order chi connectivity index (χ1) is 11.1. The van der Waals surface area contributed by atoms with Crippen LogP contribution in [0.4, 0.5) is 0 Å². The van der Waals surface area contributed by atoms with Crippen LogP contribution in [0.25, 0.3) is 4.96 Å². The molecule has 0 spiro atoms. The number of nitrogens with zero attached hydrogens (tertiary/aromatic N) is 2. The third-order valence-corrected chi connectivity index (χ3v) is 4.97. The normalized spacial score (nSPS) is 13.5. The molecule has 0 unspecified atom stereocenters. The van der Waals surface area contributed by atoms with Gasteiger partial charge in [-0.05, 0) is 30.5 Å². The first-order valence-electron chi connectivity index (χ1n) is 7.53. The number of carbonyl (C=O) groups excluding carboxylic acids is 1. The Morgan fingerprint density at radius 1 is 1.35 bits per heavy atom. The largest absolute Gasteiger partial charge is 0.372 e. The molecule has 1 aliphatic rings. The second-order valence-electron chi connectivity index (χ2n) is 5.82. The average molecular weight is 327 g/mol. The fraction of sp³-hybridized carbons (Fsp3) is 0.294. The van der Waals surface area contributed by atoms with Gasteiger partial charge in [0.25, 0.3) is 5.91 Å². The van der Waals surface area contributed by atoms with E-state index in [1.807, 2.05) is 30.5 Å². The molecule has 0 fully saturated rings. The number of carbonyl (C=O) groups is 1. The fourth-order valence-corrected chi connectivity index (χ4v) is 3.81. The number of nitrogens with one attached hydrogen (secondary N) is 1. The van der Waals surface area contributed by atoms with Crippen molar-refractivity contribution in [2.75, 3.05) is 0 Å². The lowest BCUT2D eigenvalue weighted by molar-refractivity contribution is 0.0944. The number of fused-ring (bicyclic) bond motifs is 2. The van der Waals surface area contributed by atoms with Crippen LogP contribution in [0, 0.1) is 13.8 Å². The van der Waals surface area contributed by atoms with Crippen LogP contribution in [0.2, 0.25) is 0 Å². The Morgan fingerprint density at radius 3 is 3.04 bits per heavy atom. The predicted octanol–water partition coefficient (Wildman–Crippen LogP) is 2.97. The van der Waals surface area contributed by atoms with E-state index in [1.54, 1.807) is 11.3 Å². The third-order valence-electron chi connectivity index (χ3n) is 4.07. The number of ether oxygens (including phenoxy) is 1. The lowest BCUT2D eigenvalue weighted by atomic mass is 10.1. The Labute approximate surface area is 137 Å². The minimum atomic E-state index is -0.0930. The molecule has 118 valence electrons.